The van der Waals surface area contributed by atoms with Crippen molar-refractivity contribution in [2.45, 2.75) is 193 Å². The second-order valence-corrected chi connectivity index (χ2v) is 17.7. The molecule has 2 atom stereocenters. The van der Waals surface area contributed by atoms with Crippen molar-refractivity contribution in [1.82, 2.24) is 0 Å². The van der Waals surface area contributed by atoms with Crippen LogP contribution < -0.4 is 0 Å². The molecule has 0 bridgehead atoms. The fourth-order valence-corrected chi connectivity index (χ4v) is 6.78. The summed E-state index contributed by atoms with van der Waals surface area (Å²) in [7, 11) is 5.50. The minimum atomic E-state index is -0.890. The number of carboxylic acid groups (broad SMARTS) is 1. The Morgan fingerprint density at radius 3 is 1.40 bits per heavy atom. The van der Waals surface area contributed by atoms with E-state index in [1.54, 1.807) is 0 Å². The van der Waals surface area contributed by atoms with Crippen LogP contribution in [0.25, 0.3) is 0 Å². The van der Waals surface area contributed by atoms with E-state index in [-0.39, 0.29) is 42.7 Å². The van der Waals surface area contributed by atoms with Crippen LogP contribution in [0, 0.1) is 0 Å². The molecule has 0 radical (unpaired) electrons. The van der Waals surface area contributed by atoms with Crippen LogP contribution in [-0.4, -0.2) is 80.6 Å². The highest BCUT2D eigenvalue weighted by Crippen LogP contribution is 2.12. The van der Waals surface area contributed by atoms with Gasteiger partial charge in [0, 0.05) is 19.3 Å². The lowest BCUT2D eigenvalue weighted by Crippen LogP contribution is -2.50. The molecule has 0 aromatic rings. The number of quaternary nitrogens is 1. The fraction of sp³-hybridized carbons (Fsp3) is 0.632. The number of hydrogen-bond acceptors (Lipinski definition) is 6. The molecule has 0 saturated heterocycles. The first-order chi connectivity index (χ1) is 31.6. The van der Waals surface area contributed by atoms with E-state index in [1.165, 1.54) is 44.9 Å². The molecule has 8 nitrogen and oxygen atoms in total. The van der Waals surface area contributed by atoms with Gasteiger partial charge in [0.2, 0.25) is 0 Å². The molecular formula is C57H94NO7+. The third-order valence-electron chi connectivity index (χ3n) is 10.7. The first kappa shape index (κ1) is 61.0. The Balaban J connectivity index is 4.43. The summed E-state index contributed by atoms with van der Waals surface area (Å²) in [5, 5.41) is 9.65. The normalized spacial score (nSPS) is 13.8. The summed E-state index contributed by atoms with van der Waals surface area (Å²) in [6.07, 6.45) is 64.3. The van der Waals surface area contributed by atoms with Gasteiger partial charge in [0.1, 0.15) is 6.61 Å². The van der Waals surface area contributed by atoms with Gasteiger partial charge in [0.25, 0.3) is 0 Å². The predicted molar refractivity (Wildman–Crippen MR) is 275 cm³/mol. The molecular weight excluding hydrogens is 811 g/mol. The molecule has 65 heavy (non-hydrogen) atoms. The van der Waals surface area contributed by atoms with Gasteiger partial charge in [-0.1, -0.05) is 181 Å². The summed E-state index contributed by atoms with van der Waals surface area (Å²) >= 11 is 0. The Bertz CT molecular complexity index is 1420. The molecule has 0 spiro atoms. The number of rotatable bonds is 44. The highest BCUT2D eigenvalue weighted by molar-refractivity contribution is 5.72. The van der Waals surface area contributed by atoms with Crippen molar-refractivity contribution in [3.63, 3.8) is 0 Å². The van der Waals surface area contributed by atoms with Crippen molar-refractivity contribution >= 4 is 17.9 Å². The Labute approximate surface area is 398 Å². The van der Waals surface area contributed by atoms with Crippen molar-refractivity contribution in [3.05, 3.63) is 109 Å². The molecule has 2 unspecified atom stereocenters. The molecule has 0 saturated carbocycles. The molecule has 0 rings (SSSR count). The molecule has 368 valence electrons. The number of aliphatic carboxylic acids is 1. The first-order valence-electron chi connectivity index (χ1n) is 25.4. The zero-order valence-corrected chi connectivity index (χ0v) is 41.9. The van der Waals surface area contributed by atoms with Crippen LogP contribution in [0.1, 0.15) is 181 Å². The number of ether oxygens (including phenoxy) is 3. The molecule has 8 heteroatoms. The SMILES string of the molecule is CC/C=C/C/C=C/C/C=C/C/C=C/C/C=C/C/C=C/C/C=C/CCCC(=O)OC(COCCC(C(=O)O)[N+](C)(C)C)COC(=O)CCCCCCC/C=C/C=C/CCCCCCCCC. The van der Waals surface area contributed by atoms with E-state index in [4.69, 9.17) is 14.2 Å². The van der Waals surface area contributed by atoms with Gasteiger partial charge in [-0.05, 0) is 89.9 Å². The van der Waals surface area contributed by atoms with Gasteiger partial charge in [-0.25, -0.2) is 4.79 Å². The van der Waals surface area contributed by atoms with Crippen molar-refractivity contribution in [2.24, 2.45) is 0 Å². The maximum atomic E-state index is 12.8. The van der Waals surface area contributed by atoms with Crippen LogP contribution in [0.4, 0.5) is 0 Å². The smallest absolute Gasteiger partial charge is 0.362 e. The minimum absolute atomic E-state index is 0.0256. The maximum Gasteiger partial charge on any atom is 0.362 e. The van der Waals surface area contributed by atoms with Gasteiger partial charge in [-0.15, -0.1) is 0 Å². The Kier molecular flexibility index (Phi) is 43.6. The van der Waals surface area contributed by atoms with Crippen LogP contribution in [0.2, 0.25) is 0 Å². The van der Waals surface area contributed by atoms with Crippen molar-refractivity contribution in [3.8, 4) is 0 Å². The van der Waals surface area contributed by atoms with Gasteiger partial charge in [0.15, 0.2) is 12.1 Å². The fourth-order valence-electron chi connectivity index (χ4n) is 6.78. The van der Waals surface area contributed by atoms with Gasteiger partial charge < -0.3 is 23.8 Å². The summed E-state index contributed by atoms with van der Waals surface area (Å²) in [6, 6.07) is -0.635. The number of allylic oxidation sites excluding steroid dienone is 18. The zero-order valence-electron chi connectivity index (χ0n) is 41.9. The third kappa shape index (κ3) is 45.0. The summed E-state index contributed by atoms with van der Waals surface area (Å²) in [6.45, 7) is 4.53. The first-order valence-corrected chi connectivity index (χ1v) is 25.4. The largest absolute Gasteiger partial charge is 0.477 e. The van der Waals surface area contributed by atoms with Crippen LogP contribution in [0.5, 0.6) is 0 Å². The van der Waals surface area contributed by atoms with E-state index in [1.807, 2.05) is 21.1 Å². The van der Waals surface area contributed by atoms with Gasteiger partial charge in [0.05, 0.1) is 34.4 Å². The van der Waals surface area contributed by atoms with E-state index >= 15 is 0 Å². The van der Waals surface area contributed by atoms with E-state index in [0.717, 1.165) is 96.3 Å². The van der Waals surface area contributed by atoms with Gasteiger partial charge in [-0.2, -0.15) is 0 Å². The Morgan fingerprint density at radius 2 is 0.923 bits per heavy atom. The number of hydrogen-bond donors (Lipinski definition) is 1. The number of esters is 2. The number of nitrogens with zero attached hydrogens (tertiary/aromatic N) is 1. The van der Waals surface area contributed by atoms with Crippen LogP contribution in [0.15, 0.2) is 109 Å². The summed E-state index contributed by atoms with van der Waals surface area (Å²) in [5.74, 6) is -1.58. The number of unbranched alkanes of at least 4 members (excludes halogenated alkanes) is 13. The molecule has 0 fully saturated rings. The lowest BCUT2D eigenvalue weighted by Gasteiger charge is -2.31. The third-order valence-corrected chi connectivity index (χ3v) is 10.7. The van der Waals surface area contributed by atoms with Crippen molar-refractivity contribution < 1.29 is 38.2 Å². The second kappa shape index (κ2) is 46.5. The molecule has 1 N–H and O–H groups in total. The van der Waals surface area contributed by atoms with E-state index in [2.05, 4.69) is 123 Å². The van der Waals surface area contributed by atoms with Crippen LogP contribution in [0.3, 0.4) is 0 Å². The van der Waals surface area contributed by atoms with Gasteiger partial charge >= 0.3 is 17.9 Å². The lowest BCUT2D eigenvalue weighted by atomic mass is 10.1. The topological polar surface area (TPSA) is 99.1 Å². The summed E-state index contributed by atoms with van der Waals surface area (Å²) in [5.41, 5.74) is 0. The number of carboxylic acids is 1. The summed E-state index contributed by atoms with van der Waals surface area (Å²) < 4.78 is 17.3. The molecule has 0 aromatic carbocycles. The van der Waals surface area contributed by atoms with Crippen LogP contribution >= 0.6 is 0 Å². The average Bonchev–Trinajstić information content (AvgIpc) is 3.27. The predicted octanol–water partition coefficient (Wildman–Crippen LogP) is 14.8. The quantitative estimate of drug-likeness (QED) is 0.0214. The summed E-state index contributed by atoms with van der Waals surface area (Å²) in [4.78, 5) is 37.1. The average molecular weight is 905 g/mol. The van der Waals surface area contributed by atoms with Crippen molar-refractivity contribution in [1.29, 1.82) is 0 Å². The lowest BCUT2D eigenvalue weighted by molar-refractivity contribution is -0.887. The highest BCUT2D eigenvalue weighted by Gasteiger charge is 2.31. The van der Waals surface area contributed by atoms with E-state index in [0.29, 0.717) is 19.3 Å². The molecule has 0 aliphatic heterocycles. The molecule has 0 aromatic heterocycles. The maximum absolute atomic E-state index is 12.8. The number of carbonyl (C=O) groups excluding carboxylic acids is 2. The number of carbonyl (C=O) groups is 3. The molecule has 0 amide bonds. The number of likely N-dealkylation sites (N-methyl/N-ethyl adjacent to an activating group) is 1. The molecule has 0 aliphatic carbocycles. The Hall–Kier alpha value is -4.01. The standard InChI is InChI=1S/C57H93NO7/c1-6-8-10-12-14-16-18-20-22-24-26-27-28-29-30-32-34-36-38-40-42-44-46-48-56(60)65-53(51-63-50-49-54(57(61)62)58(3,4)5)52-64-55(59)47-45-43-41-39-37-35-33-31-25-23-21-19-17-15-13-11-9-7-2/h8,10,14,16,20,22-23,25-27,29-31,33-34,36,40,42,53-54H,6-7,9,11-13,15,17-19,21,24,28,32,35,37-39,41,43-52H2,1-5H3/p+1/b10-8+,16-14+,22-20+,25-23+,27-26+,30-29+,33-31+,36-34+,42-40+. The zero-order chi connectivity index (χ0) is 47.7. The minimum Gasteiger partial charge on any atom is -0.477 e. The van der Waals surface area contributed by atoms with Crippen LogP contribution in [-0.2, 0) is 28.6 Å². The molecule has 0 aliphatic rings. The highest BCUT2D eigenvalue weighted by atomic mass is 16.6. The second-order valence-electron chi connectivity index (χ2n) is 17.7. The van der Waals surface area contributed by atoms with Crippen molar-refractivity contribution in [2.75, 3.05) is 41.0 Å². The monoisotopic (exact) mass is 905 g/mol. The Morgan fingerprint density at radius 1 is 0.492 bits per heavy atom. The van der Waals surface area contributed by atoms with E-state index in [9.17, 15) is 19.5 Å². The van der Waals surface area contributed by atoms with Gasteiger partial charge in [-0.3, -0.25) is 9.59 Å². The molecule has 0 heterocycles. The van der Waals surface area contributed by atoms with E-state index < -0.39 is 18.1 Å².